The predicted molar refractivity (Wildman–Crippen MR) is 120 cm³/mol. The molecule has 3 aromatic rings. The van der Waals surface area contributed by atoms with Gasteiger partial charge in [0, 0.05) is 11.8 Å². The molecule has 0 spiro atoms. The second-order valence-corrected chi connectivity index (χ2v) is 9.42. The van der Waals surface area contributed by atoms with Crippen molar-refractivity contribution in [2.24, 2.45) is 10.2 Å². The molecule has 1 aliphatic heterocycles. The van der Waals surface area contributed by atoms with E-state index < -0.39 is 26.5 Å². The topological polar surface area (TPSA) is 181 Å². The van der Waals surface area contributed by atoms with Crippen LogP contribution in [0, 0.1) is 0 Å². The predicted octanol–water partition coefficient (Wildman–Crippen LogP) is 1.51. The Morgan fingerprint density at radius 3 is 1.97 bits per heavy atom. The van der Waals surface area contributed by atoms with Gasteiger partial charge >= 0.3 is 10.3 Å². The maximum absolute atomic E-state index is 12.5. The van der Waals surface area contributed by atoms with Gasteiger partial charge in [0.2, 0.25) is 0 Å². The summed E-state index contributed by atoms with van der Waals surface area (Å²) in [5.74, 6) is -0.180. The van der Waals surface area contributed by atoms with Crippen molar-refractivity contribution in [1.29, 1.82) is 0 Å². The van der Waals surface area contributed by atoms with Gasteiger partial charge in [-0.3, -0.25) is 14.1 Å². The first-order valence-electron chi connectivity index (χ1n) is 9.13. The highest BCUT2D eigenvalue weighted by molar-refractivity contribution is 7.85. The summed E-state index contributed by atoms with van der Waals surface area (Å²) in [5, 5.41) is 8.22. The number of pyridine rings is 1. The van der Waals surface area contributed by atoms with Crippen molar-refractivity contribution in [3.63, 3.8) is 0 Å². The van der Waals surface area contributed by atoms with Crippen LogP contribution in [-0.4, -0.2) is 52.3 Å². The number of benzene rings is 2. The fourth-order valence-corrected chi connectivity index (χ4v) is 4.59. The number of hydrogen-bond acceptors (Lipinski definition) is 7. The molecule has 13 heteroatoms. The fraction of sp³-hybridized carbons (Fsp3) is 0.0500. The lowest BCUT2D eigenvalue weighted by atomic mass is 9.95. The molecule has 4 rings (SSSR count). The van der Waals surface area contributed by atoms with Crippen LogP contribution in [0.15, 0.2) is 94.1 Å². The monoisotopic (exact) mass is 490 g/mol. The van der Waals surface area contributed by atoms with Crippen LogP contribution in [0.25, 0.3) is 0 Å². The van der Waals surface area contributed by atoms with Crippen LogP contribution in [0.3, 0.4) is 0 Å². The summed E-state index contributed by atoms with van der Waals surface area (Å²) in [5.41, 5.74) is 1.13. The summed E-state index contributed by atoms with van der Waals surface area (Å²) in [6, 6.07) is 17.2. The lowest BCUT2D eigenvalue weighted by Crippen LogP contribution is -2.45. The van der Waals surface area contributed by atoms with Gasteiger partial charge in [-0.1, -0.05) is 48.5 Å². The Balaban J connectivity index is 0.00000306. The van der Waals surface area contributed by atoms with Gasteiger partial charge in [0.05, 0.1) is 10.6 Å². The molecule has 0 bridgehead atoms. The van der Waals surface area contributed by atoms with Gasteiger partial charge in [0.1, 0.15) is 11.7 Å². The first-order chi connectivity index (χ1) is 15.2. The summed E-state index contributed by atoms with van der Waals surface area (Å²) in [4.78, 5) is 3.78. The molecule has 0 saturated heterocycles. The van der Waals surface area contributed by atoms with E-state index in [1.807, 2.05) is 0 Å². The lowest BCUT2D eigenvalue weighted by molar-refractivity contribution is 0.403. The minimum absolute atomic E-state index is 0. The Hall–Kier alpha value is -3.49. The summed E-state index contributed by atoms with van der Waals surface area (Å²) in [6.45, 7) is 0. The third kappa shape index (κ3) is 4.97. The molecule has 0 aliphatic carbocycles. The van der Waals surface area contributed by atoms with Crippen LogP contribution in [0.5, 0.6) is 0 Å². The standard InChI is InChI=1S/C20H16N4O6S2.H2O/c25-31(26,27)16-11-9-14(10-12-16)18-19(15-6-2-1-3-7-15)24(32(28,29)30)20(23-22-18)17-8-4-5-13-21-17;/h1-13,19H,(H,25,26,27)(H,28,29,30);1H2. The number of nitrogens with zero attached hydrogens (tertiary/aromatic N) is 4. The van der Waals surface area contributed by atoms with Crippen LogP contribution >= 0.6 is 0 Å². The van der Waals surface area contributed by atoms with Crippen molar-refractivity contribution in [2.75, 3.05) is 0 Å². The molecule has 0 amide bonds. The molecule has 0 saturated carbocycles. The van der Waals surface area contributed by atoms with E-state index in [9.17, 15) is 25.9 Å². The zero-order valence-electron chi connectivity index (χ0n) is 16.7. The second kappa shape index (κ2) is 9.17. The average Bonchev–Trinajstić information content (AvgIpc) is 2.78. The highest BCUT2D eigenvalue weighted by Gasteiger charge is 2.40. The normalized spacial score (nSPS) is 16.4. The Labute approximate surface area is 189 Å². The van der Waals surface area contributed by atoms with Crippen LogP contribution < -0.4 is 0 Å². The molecule has 1 aliphatic rings. The largest absolute Gasteiger partial charge is 0.412 e. The van der Waals surface area contributed by atoms with E-state index in [0.717, 1.165) is 12.1 Å². The Morgan fingerprint density at radius 2 is 1.42 bits per heavy atom. The molecule has 33 heavy (non-hydrogen) atoms. The molecule has 4 N–H and O–H groups in total. The quantitative estimate of drug-likeness (QED) is 0.508. The maximum Gasteiger partial charge on any atom is 0.362 e. The molecule has 0 fully saturated rings. The highest BCUT2D eigenvalue weighted by Crippen LogP contribution is 2.33. The van der Waals surface area contributed by atoms with Crippen molar-refractivity contribution < 1.29 is 31.4 Å². The minimum atomic E-state index is -4.85. The van der Waals surface area contributed by atoms with Crippen LogP contribution in [0.2, 0.25) is 0 Å². The van der Waals surface area contributed by atoms with Gasteiger partial charge in [-0.25, -0.2) is 4.31 Å². The summed E-state index contributed by atoms with van der Waals surface area (Å²) in [6.07, 6.45) is 1.45. The highest BCUT2D eigenvalue weighted by atomic mass is 32.2. The minimum Gasteiger partial charge on any atom is -0.412 e. The van der Waals surface area contributed by atoms with E-state index in [1.54, 1.807) is 42.5 Å². The van der Waals surface area contributed by atoms with Crippen molar-refractivity contribution in [3.05, 3.63) is 95.8 Å². The number of amidine groups is 1. The van der Waals surface area contributed by atoms with Crippen molar-refractivity contribution in [1.82, 2.24) is 9.29 Å². The molecule has 1 unspecified atom stereocenters. The number of hydrogen-bond donors (Lipinski definition) is 2. The molecular formula is C20H18N4O7S2. The van der Waals surface area contributed by atoms with E-state index in [2.05, 4.69) is 15.2 Å². The van der Waals surface area contributed by atoms with Crippen molar-refractivity contribution >= 4 is 32.0 Å². The van der Waals surface area contributed by atoms with E-state index in [0.29, 0.717) is 15.4 Å². The van der Waals surface area contributed by atoms with Gasteiger partial charge < -0.3 is 5.48 Å². The molecule has 0 radical (unpaired) electrons. The van der Waals surface area contributed by atoms with Crippen molar-refractivity contribution in [2.45, 2.75) is 10.9 Å². The summed E-state index contributed by atoms with van der Waals surface area (Å²) >= 11 is 0. The molecule has 172 valence electrons. The Kier molecular flexibility index (Phi) is 6.71. The first kappa shape index (κ1) is 24.2. The molecular weight excluding hydrogens is 472 g/mol. The van der Waals surface area contributed by atoms with Crippen LogP contribution in [0.1, 0.15) is 22.9 Å². The molecule has 11 nitrogen and oxygen atoms in total. The fourth-order valence-electron chi connectivity index (χ4n) is 3.28. The van der Waals surface area contributed by atoms with Crippen molar-refractivity contribution in [3.8, 4) is 0 Å². The lowest BCUT2D eigenvalue weighted by Gasteiger charge is -2.33. The van der Waals surface area contributed by atoms with E-state index in [-0.39, 0.29) is 27.6 Å². The van der Waals surface area contributed by atoms with Gasteiger partial charge in [-0.05, 0) is 29.8 Å². The van der Waals surface area contributed by atoms with E-state index >= 15 is 0 Å². The third-order valence-electron chi connectivity index (χ3n) is 4.66. The third-order valence-corrected chi connectivity index (χ3v) is 6.41. The average molecular weight is 491 g/mol. The Bertz CT molecular complexity index is 1410. The molecule has 2 heterocycles. The number of aromatic nitrogens is 1. The second-order valence-electron chi connectivity index (χ2n) is 6.71. The SMILES string of the molecule is O.O=S(=O)(O)c1ccc(C2=NN=C(c3ccccn3)N(S(=O)(=O)O)C2c2ccccc2)cc1. The van der Waals surface area contributed by atoms with E-state index in [4.69, 9.17) is 0 Å². The van der Waals surface area contributed by atoms with Gasteiger partial charge in [0.15, 0.2) is 5.84 Å². The number of rotatable bonds is 5. The zero-order chi connectivity index (χ0) is 22.9. The van der Waals surface area contributed by atoms with Crippen LogP contribution in [-0.2, 0) is 20.4 Å². The van der Waals surface area contributed by atoms with Crippen LogP contribution in [0.4, 0.5) is 0 Å². The van der Waals surface area contributed by atoms with E-state index in [1.165, 1.54) is 24.4 Å². The van der Waals surface area contributed by atoms with Gasteiger partial charge in [-0.15, -0.1) is 5.10 Å². The summed E-state index contributed by atoms with van der Waals surface area (Å²) in [7, 11) is -9.26. The van der Waals surface area contributed by atoms with Gasteiger partial charge in [-0.2, -0.15) is 21.9 Å². The molecule has 1 aromatic heterocycles. The maximum atomic E-state index is 12.5. The smallest absolute Gasteiger partial charge is 0.362 e. The zero-order valence-corrected chi connectivity index (χ0v) is 18.3. The first-order valence-corrected chi connectivity index (χ1v) is 12.0. The molecule has 2 aromatic carbocycles. The molecule has 1 atom stereocenters. The van der Waals surface area contributed by atoms with Gasteiger partial charge in [0.25, 0.3) is 10.1 Å². The summed E-state index contributed by atoms with van der Waals surface area (Å²) < 4.78 is 67.9. The Morgan fingerprint density at radius 1 is 0.788 bits per heavy atom.